The number of thiazole rings is 1. The van der Waals surface area contributed by atoms with Crippen LogP contribution >= 0.6 is 34.5 Å². The van der Waals surface area contributed by atoms with Crippen LogP contribution in [0.5, 0.6) is 0 Å². The number of aromatic nitrogens is 3. The molecule has 0 atom stereocenters. The molecule has 0 radical (unpaired) electrons. The van der Waals surface area contributed by atoms with Crippen LogP contribution < -0.4 is 4.72 Å². The van der Waals surface area contributed by atoms with Gasteiger partial charge in [-0.3, -0.25) is 9.48 Å². The lowest BCUT2D eigenvalue weighted by atomic mass is 10.4. The highest BCUT2D eigenvalue weighted by Gasteiger charge is 2.17. The van der Waals surface area contributed by atoms with Crippen molar-refractivity contribution in [2.75, 3.05) is 6.54 Å². The van der Waals surface area contributed by atoms with Gasteiger partial charge >= 0.3 is 5.97 Å². The van der Waals surface area contributed by atoms with Gasteiger partial charge in [-0.25, -0.2) is 13.4 Å². The fraction of sp³-hybridized carbons (Fsp3) is 0.188. The zero-order chi connectivity index (χ0) is 20.3. The molecule has 0 amide bonds. The van der Waals surface area contributed by atoms with Crippen LogP contribution in [-0.4, -0.2) is 35.7 Å². The molecule has 0 aliphatic rings. The SMILES string of the molecule is Cn1cc(-c2nc(COC(=O)CNS(=O)(=O)c3ccc(Cl)c(Cl)c3)cs2)cn1. The summed E-state index contributed by atoms with van der Waals surface area (Å²) in [6.45, 7) is -0.591. The Morgan fingerprint density at radius 1 is 1.32 bits per heavy atom. The van der Waals surface area contributed by atoms with E-state index in [1.807, 2.05) is 6.20 Å². The minimum atomic E-state index is -3.92. The zero-order valence-electron chi connectivity index (χ0n) is 14.4. The number of hydrogen-bond donors (Lipinski definition) is 1. The summed E-state index contributed by atoms with van der Waals surface area (Å²) < 4.78 is 33.3. The van der Waals surface area contributed by atoms with Crippen LogP contribution in [-0.2, 0) is 33.2 Å². The van der Waals surface area contributed by atoms with Crippen molar-refractivity contribution < 1.29 is 17.9 Å². The minimum Gasteiger partial charge on any atom is -0.458 e. The number of hydrogen-bond acceptors (Lipinski definition) is 7. The van der Waals surface area contributed by atoms with Crippen LogP contribution in [0.25, 0.3) is 10.6 Å². The Labute approximate surface area is 175 Å². The Balaban J connectivity index is 1.53. The molecule has 2 heterocycles. The van der Waals surface area contributed by atoms with Crippen molar-refractivity contribution >= 4 is 50.5 Å². The number of rotatable bonds is 7. The number of carbonyl (C=O) groups excluding carboxylic acids is 1. The van der Waals surface area contributed by atoms with Crippen molar-refractivity contribution in [3.63, 3.8) is 0 Å². The van der Waals surface area contributed by atoms with E-state index < -0.39 is 22.5 Å². The molecule has 12 heteroatoms. The number of nitrogens with zero attached hydrogens (tertiary/aromatic N) is 3. The number of sulfonamides is 1. The predicted molar refractivity (Wildman–Crippen MR) is 106 cm³/mol. The van der Waals surface area contributed by atoms with E-state index in [0.717, 1.165) is 10.6 Å². The predicted octanol–water partition coefficient (Wildman–Crippen LogP) is 2.87. The number of ether oxygens (including phenoxy) is 1. The second-order valence-electron chi connectivity index (χ2n) is 5.61. The molecular formula is C16H14Cl2N4O4S2. The third kappa shape index (κ3) is 5.09. The van der Waals surface area contributed by atoms with Gasteiger partial charge in [-0.1, -0.05) is 23.2 Å². The van der Waals surface area contributed by atoms with Crippen molar-refractivity contribution in [2.45, 2.75) is 11.5 Å². The van der Waals surface area contributed by atoms with E-state index in [-0.39, 0.29) is 21.5 Å². The van der Waals surface area contributed by atoms with Crippen molar-refractivity contribution in [2.24, 2.45) is 7.05 Å². The standard InChI is InChI=1S/C16H14Cl2N4O4S2/c1-22-7-10(5-19-22)16-21-11(9-27-16)8-26-15(23)6-20-28(24,25)12-2-3-13(17)14(18)4-12/h2-5,7,9,20H,6,8H2,1H3. The largest absolute Gasteiger partial charge is 0.458 e. The Kier molecular flexibility index (Phi) is 6.36. The first-order valence-corrected chi connectivity index (χ1v) is 10.9. The number of benzene rings is 1. The molecule has 8 nitrogen and oxygen atoms in total. The van der Waals surface area contributed by atoms with Gasteiger partial charge in [0.05, 0.1) is 26.8 Å². The molecule has 0 fully saturated rings. The van der Waals surface area contributed by atoms with E-state index in [1.54, 1.807) is 23.3 Å². The summed E-state index contributed by atoms with van der Waals surface area (Å²) in [5, 5.41) is 6.91. The van der Waals surface area contributed by atoms with Gasteiger partial charge in [-0.05, 0) is 18.2 Å². The molecule has 0 aliphatic carbocycles. The summed E-state index contributed by atoms with van der Waals surface area (Å²) in [5.74, 6) is -0.737. The summed E-state index contributed by atoms with van der Waals surface area (Å²) >= 11 is 13.0. The van der Waals surface area contributed by atoms with E-state index >= 15 is 0 Å². The van der Waals surface area contributed by atoms with Crippen molar-refractivity contribution in [1.82, 2.24) is 19.5 Å². The number of halogens is 2. The molecule has 0 aliphatic heterocycles. The molecule has 2 aromatic heterocycles. The van der Waals surface area contributed by atoms with Gasteiger partial charge < -0.3 is 4.74 Å². The molecule has 28 heavy (non-hydrogen) atoms. The Bertz CT molecular complexity index is 1110. The number of carbonyl (C=O) groups is 1. The van der Waals surface area contributed by atoms with Crippen LogP contribution in [0.2, 0.25) is 10.0 Å². The number of aryl methyl sites for hydroxylation is 1. The normalized spacial score (nSPS) is 11.5. The molecule has 3 aromatic rings. The zero-order valence-corrected chi connectivity index (χ0v) is 17.6. The van der Waals surface area contributed by atoms with Crippen molar-refractivity contribution in [3.05, 3.63) is 51.7 Å². The van der Waals surface area contributed by atoms with Crippen LogP contribution in [0.1, 0.15) is 5.69 Å². The van der Waals surface area contributed by atoms with Gasteiger partial charge in [0.15, 0.2) is 0 Å². The maximum absolute atomic E-state index is 12.2. The van der Waals surface area contributed by atoms with E-state index in [9.17, 15) is 13.2 Å². The highest BCUT2D eigenvalue weighted by atomic mass is 35.5. The fourth-order valence-electron chi connectivity index (χ4n) is 2.12. The quantitative estimate of drug-likeness (QED) is 0.543. The average Bonchev–Trinajstić information content (AvgIpc) is 3.29. The van der Waals surface area contributed by atoms with Gasteiger partial charge in [-0.2, -0.15) is 9.82 Å². The summed E-state index contributed by atoms with van der Waals surface area (Å²) in [4.78, 5) is 16.1. The molecule has 0 saturated heterocycles. The smallest absolute Gasteiger partial charge is 0.321 e. The fourth-order valence-corrected chi connectivity index (χ4v) is 4.26. The first kappa shape index (κ1) is 20.7. The first-order valence-electron chi connectivity index (χ1n) is 7.78. The van der Waals surface area contributed by atoms with Gasteiger partial charge in [0.25, 0.3) is 0 Å². The molecule has 1 aromatic carbocycles. The second kappa shape index (κ2) is 8.58. The molecule has 148 valence electrons. The number of nitrogens with one attached hydrogen (secondary N) is 1. The summed E-state index contributed by atoms with van der Waals surface area (Å²) in [6, 6.07) is 3.85. The minimum absolute atomic E-state index is 0.0654. The lowest BCUT2D eigenvalue weighted by Gasteiger charge is -2.07. The Hall–Kier alpha value is -1.98. The molecule has 0 spiro atoms. The van der Waals surface area contributed by atoms with Gasteiger partial charge in [0.1, 0.15) is 18.2 Å². The van der Waals surface area contributed by atoms with E-state index in [2.05, 4.69) is 14.8 Å². The third-order valence-electron chi connectivity index (χ3n) is 3.49. The summed E-state index contributed by atoms with van der Waals surface area (Å²) in [5.41, 5.74) is 1.42. The topological polar surface area (TPSA) is 103 Å². The van der Waals surface area contributed by atoms with Crippen molar-refractivity contribution in [3.8, 4) is 10.6 Å². The Morgan fingerprint density at radius 2 is 2.11 bits per heavy atom. The maximum atomic E-state index is 12.2. The van der Waals surface area contributed by atoms with E-state index in [1.165, 1.54) is 29.5 Å². The van der Waals surface area contributed by atoms with Gasteiger partial charge in [-0.15, -0.1) is 11.3 Å². The van der Waals surface area contributed by atoms with Gasteiger partial charge in [0, 0.05) is 24.2 Å². The molecule has 1 N–H and O–H groups in total. The molecule has 0 unspecified atom stereocenters. The van der Waals surface area contributed by atoms with E-state index in [4.69, 9.17) is 27.9 Å². The van der Waals surface area contributed by atoms with Crippen LogP contribution in [0.3, 0.4) is 0 Å². The molecular weight excluding hydrogens is 447 g/mol. The van der Waals surface area contributed by atoms with Crippen LogP contribution in [0.15, 0.2) is 40.9 Å². The Morgan fingerprint density at radius 3 is 2.79 bits per heavy atom. The summed E-state index contributed by atoms with van der Waals surface area (Å²) in [6.07, 6.45) is 3.51. The maximum Gasteiger partial charge on any atom is 0.321 e. The number of esters is 1. The molecule has 0 bridgehead atoms. The van der Waals surface area contributed by atoms with Gasteiger partial charge in [0.2, 0.25) is 10.0 Å². The average molecular weight is 461 g/mol. The molecule has 3 rings (SSSR count). The highest BCUT2D eigenvalue weighted by molar-refractivity contribution is 7.89. The lowest BCUT2D eigenvalue weighted by molar-refractivity contribution is -0.143. The highest BCUT2D eigenvalue weighted by Crippen LogP contribution is 2.25. The monoisotopic (exact) mass is 460 g/mol. The second-order valence-corrected chi connectivity index (χ2v) is 9.05. The van der Waals surface area contributed by atoms with Crippen LogP contribution in [0, 0.1) is 0 Å². The van der Waals surface area contributed by atoms with Crippen LogP contribution in [0.4, 0.5) is 0 Å². The van der Waals surface area contributed by atoms with Crippen molar-refractivity contribution in [1.29, 1.82) is 0 Å². The summed E-state index contributed by atoms with van der Waals surface area (Å²) in [7, 11) is -2.12. The first-order chi connectivity index (χ1) is 13.2. The van der Waals surface area contributed by atoms with E-state index in [0.29, 0.717) is 5.69 Å². The lowest BCUT2D eigenvalue weighted by Crippen LogP contribution is -2.30. The molecule has 0 saturated carbocycles. The third-order valence-corrected chi connectivity index (χ3v) is 6.57.